The number of halogens is 2. The minimum atomic E-state index is 0.0878. The van der Waals surface area contributed by atoms with E-state index in [4.69, 9.17) is 23.2 Å². The molecule has 0 aliphatic carbocycles. The Kier molecular flexibility index (Phi) is 5.94. The highest BCUT2D eigenvalue weighted by molar-refractivity contribution is 6.20. The summed E-state index contributed by atoms with van der Waals surface area (Å²) in [5, 5.41) is 0.0878. The van der Waals surface area contributed by atoms with E-state index in [1.54, 1.807) is 0 Å². The lowest BCUT2D eigenvalue weighted by molar-refractivity contribution is 0.704. The van der Waals surface area contributed by atoms with Crippen molar-refractivity contribution < 1.29 is 0 Å². The maximum Gasteiger partial charge on any atom is 0.0585 e. The minimum Gasteiger partial charge on any atom is -0.127 e. The van der Waals surface area contributed by atoms with E-state index in [9.17, 15) is 0 Å². The maximum absolute atomic E-state index is 6.42. The monoisotopic (exact) mass is 306 g/mol. The van der Waals surface area contributed by atoms with E-state index in [1.165, 1.54) is 22.3 Å². The van der Waals surface area contributed by atoms with Crippen LogP contribution in [0.2, 0.25) is 0 Å². The molecule has 0 aliphatic rings. The zero-order valence-corrected chi connectivity index (χ0v) is 13.3. The second kappa shape index (κ2) is 7.71. The van der Waals surface area contributed by atoms with Crippen molar-refractivity contribution in [3.8, 4) is 11.1 Å². The number of hydrogen-bond donors (Lipinski definition) is 0. The molecular weight excluding hydrogens is 287 g/mol. The summed E-state index contributed by atoms with van der Waals surface area (Å²) < 4.78 is 0. The molecule has 0 aliphatic heterocycles. The number of aryl methyl sites for hydroxylation is 1. The van der Waals surface area contributed by atoms with Gasteiger partial charge >= 0.3 is 0 Å². The van der Waals surface area contributed by atoms with Gasteiger partial charge in [-0.2, -0.15) is 0 Å². The van der Waals surface area contributed by atoms with Crippen molar-refractivity contribution >= 4 is 23.2 Å². The van der Waals surface area contributed by atoms with E-state index in [2.05, 4.69) is 55.5 Å². The molecule has 1 atom stereocenters. The van der Waals surface area contributed by atoms with Crippen molar-refractivity contribution in [2.24, 2.45) is 0 Å². The van der Waals surface area contributed by atoms with Crippen molar-refractivity contribution in [1.82, 2.24) is 0 Å². The average Bonchev–Trinajstić information content (AvgIpc) is 2.47. The first-order valence-electron chi connectivity index (χ1n) is 7.08. The minimum absolute atomic E-state index is 0.0878. The van der Waals surface area contributed by atoms with Gasteiger partial charge in [0.15, 0.2) is 0 Å². The topological polar surface area (TPSA) is 0 Å². The Morgan fingerprint density at radius 1 is 0.950 bits per heavy atom. The Labute approximate surface area is 131 Å². The molecule has 0 nitrogen and oxygen atoms in total. The molecule has 0 aromatic heterocycles. The molecule has 106 valence electrons. The molecule has 0 saturated carbocycles. The van der Waals surface area contributed by atoms with Gasteiger partial charge in [-0.3, -0.25) is 0 Å². The summed E-state index contributed by atoms with van der Waals surface area (Å²) in [6, 6.07) is 17.1. The van der Waals surface area contributed by atoms with Crippen LogP contribution in [0.25, 0.3) is 11.1 Å². The SMILES string of the molecule is Cc1cccc(-c2ccc(C(Cl)CCCCCl)cc2)c1. The smallest absolute Gasteiger partial charge is 0.0585 e. The third kappa shape index (κ3) is 4.26. The van der Waals surface area contributed by atoms with Gasteiger partial charge in [0.2, 0.25) is 0 Å². The lowest BCUT2D eigenvalue weighted by Gasteiger charge is -2.10. The van der Waals surface area contributed by atoms with Gasteiger partial charge in [-0.15, -0.1) is 23.2 Å². The predicted molar refractivity (Wildman–Crippen MR) is 89.8 cm³/mol. The van der Waals surface area contributed by atoms with Crippen LogP contribution in [0, 0.1) is 6.92 Å². The van der Waals surface area contributed by atoms with Crippen molar-refractivity contribution in [3.05, 3.63) is 59.7 Å². The summed E-state index contributed by atoms with van der Waals surface area (Å²) in [7, 11) is 0. The molecular formula is C18H20Cl2. The second-order valence-electron chi connectivity index (χ2n) is 5.14. The summed E-state index contributed by atoms with van der Waals surface area (Å²) in [6.07, 6.45) is 3.10. The maximum atomic E-state index is 6.42. The van der Waals surface area contributed by atoms with Gasteiger partial charge in [-0.1, -0.05) is 60.5 Å². The summed E-state index contributed by atoms with van der Waals surface area (Å²) >= 11 is 12.1. The zero-order valence-electron chi connectivity index (χ0n) is 11.8. The van der Waals surface area contributed by atoms with Crippen LogP contribution in [0.1, 0.15) is 35.8 Å². The van der Waals surface area contributed by atoms with E-state index < -0.39 is 0 Å². The van der Waals surface area contributed by atoms with Crippen LogP contribution in [0.15, 0.2) is 48.5 Å². The summed E-state index contributed by atoms with van der Waals surface area (Å²) in [5.74, 6) is 0.718. The van der Waals surface area contributed by atoms with Crippen LogP contribution in [0.4, 0.5) is 0 Å². The molecule has 0 saturated heterocycles. The molecule has 0 fully saturated rings. The third-order valence-electron chi connectivity index (χ3n) is 3.46. The van der Waals surface area contributed by atoms with Crippen LogP contribution in [-0.2, 0) is 0 Å². The highest BCUT2D eigenvalue weighted by atomic mass is 35.5. The molecule has 0 amide bonds. The van der Waals surface area contributed by atoms with Gasteiger partial charge in [-0.05, 0) is 36.5 Å². The highest BCUT2D eigenvalue weighted by Crippen LogP contribution is 2.29. The fourth-order valence-corrected chi connectivity index (χ4v) is 2.78. The molecule has 0 heterocycles. The average molecular weight is 307 g/mol. The van der Waals surface area contributed by atoms with Crippen LogP contribution < -0.4 is 0 Å². The number of hydrogen-bond acceptors (Lipinski definition) is 0. The highest BCUT2D eigenvalue weighted by Gasteiger charge is 2.07. The van der Waals surface area contributed by atoms with E-state index in [1.807, 2.05) is 0 Å². The molecule has 0 radical (unpaired) electrons. The van der Waals surface area contributed by atoms with Crippen molar-refractivity contribution in [3.63, 3.8) is 0 Å². The van der Waals surface area contributed by atoms with E-state index in [-0.39, 0.29) is 5.38 Å². The van der Waals surface area contributed by atoms with Gasteiger partial charge < -0.3 is 0 Å². The first-order chi connectivity index (χ1) is 9.70. The van der Waals surface area contributed by atoms with Crippen LogP contribution >= 0.6 is 23.2 Å². The van der Waals surface area contributed by atoms with E-state index in [0.717, 1.165) is 25.1 Å². The summed E-state index contributed by atoms with van der Waals surface area (Å²) in [4.78, 5) is 0. The van der Waals surface area contributed by atoms with Gasteiger partial charge in [0.05, 0.1) is 5.38 Å². The quantitative estimate of drug-likeness (QED) is 0.431. The first kappa shape index (κ1) is 15.4. The Bertz CT molecular complexity index is 531. The van der Waals surface area contributed by atoms with Crippen molar-refractivity contribution in [2.75, 3.05) is 5.88 Å². The largest absolute Gasteiger partial charge is 0.127 e. The van der Waals surface area contributed by atoms with E-state index >= 15 is 0 Å². The number of unbranched alkanes of at least 4 members (excludes halogenated alkanes) is 1. The fourth-order valence-electron chi connectivity index (χ4n) is 2.29. The molecule has 2 heteroatoms. The predicted octanol–water partition coefficient (Wildman–Crippen LogP) is 6.35. The van der Waals surface area contributed by atoms with Gasteiger partial charge in [0.25, 0.3) is 0 Å². The lowest BCUT2D eigenvalue weighted by Crippen LogP contribution is -1.91. The molecule has 20 heavy (non-hydrogen) atoms. The Morgan fingerprint density at radius 2 is 1.70 bits per heavy atom. The molecule has 0 bridgehead atoms. The Balaban J connectivity index is 2.06. The fraction of sp³-hybridized carbons (Fsp3) is 0.333. The number of alkyl halides is 2. The zero-order chi connectivity index (χ0) is 14.4. The number of rotatable bonds is 6. The van der Waals surface area contributed by atoms with Crippen molar-refractivity contribution in [1.29, 1.82) is 0 Å². The first-order valence-corrected chi connectivity index (χ1v) is 8.05. The van der Waals surface area contributed by atoms with Crippen LogP contribution in [-0.4, -0.2) is 5.88 Å². The molecule has 0 spiro atoms. The molecule has 0 N–H and O–H groups in total. The molecule has 2 aromatic carbocycles. The Morgan fingerprint density at radius 3 is 2.35 bits per heavy atom. The summed E-state index contributed by atoms with van der Waals surface area (Å²) in [5.41, 5.74) is 4.97. The van der Waals surface area contributed by atoms with Crippen LogP contribution in [0.5, 0.6) is 0 Å². The normalized spacial score (nSPS) is 12.3. The molecule has 1 unspecified atom stereocenters. The van der Waals surface area contributed by atoms with Crippen molar-refractivity contribution in [2.45, 2.75) is 31.6 Å². The summed E-state index contributed by atoms with van der Waals surface area (Å²) in [6.45, 7) is 2.11. The van der Waals surface area contributed by atoms with Crippen LogP contribution in [0.3, 0.4) is 0 Å². The van der Waals surface area contributed by atoms with Gasteiger partial charge in [-0.25, -0.2) is 0 Å². The lowest BCUT2D eigenvalue weighted by atomic mass is 10.00. The molecule has 2 rings (SSSR count). The van der Waals surface area contributed by atoms with E-state index in [0.29, 0.717) is 0 Å². The van der Waals surface area contributed by atoms with Gasteiger partial charge in [0, 0.05) is 5.88 Å². The third-order valence-corrected chi connectivity index (χ3v) is 4.20. The van der Waals surface area contributed by atoms with Gasteiger partial charge in [0.1, 0.15) is 0 Å². The Hall–Kier alpha value is -0.980. The molecule has 2 aromatic rings. The second-order valence-corrected chi connectivity index (χ2v) is 6.05. The number of benzene rings is 2. The standard InChI is InChI=1S/C18H20Cl2/c1-14-5-4-6-17(13-14)15-8-10-16(11-9-15)18(20)7-2-3-12-19/h4-6,8-11,13,18H,2-3,7,12H2,1H3.